The molecule has 3 nitrogen and oxygen atoms in total. The van der Waals surface area contributed by atoms with E-state index in [1.54, 1.807) is 6.26 Å². The van der Waals surface area contributed by atoms with Crippen LogP contribution in [-0.4, -0.2) is 11.5 Å². The molecule has 1 atom stereocenters. The summed E-state index contributed by atoms with van der Waals surface area (Å²) >= 11 is 0. The first-order valence-electron chi connectivity index (χ1n) is 6.88. The molecular weight excluding hydrogens is 236 g/mol. The summed E-state index contributed by atoms with van der Waals surface area (Å²) in [5.41, 5.74) is 4.68. The van der Waals surface area contributed by atoms with Crippen LogP contribution in [0.2, 0.25) is 0 Å². The summed E-state index contributed by atoms with van der Waals surface area (Å²) < 4.78 is 5.16. The van der Waals surface area contributed by atoms with Crippen molar-refractivity contribution >= 4 is 0 Å². The largest absolute Gasteiger partial charge is 0.472 e. The third-order valence-corrected chi connectivity index (χ3v) is 3.17. The Hall–Kier alpha value is -1.61. The molecule has 0 aliphatic carbocycles. The van der Waals surface area contributed by atoms with Crippen LogP contribution in [0.1, 0.15) is 41.9 Å². The lowest BCUT2D eigenvalue weighted by atomic mass is 9.99. The first-order chi connectivity index (χ1) is 9.19. The molecule has 0 spiro atoms. The third kappa shape index (κ3) is 3.93. The minimum absolute atomic E-state index is 0.318. The molecule has 0 saturated heterocycles. The van der Waals surface area contributed by atoms with E-state index < -0.39 is 0 Å². The van der Waals surface area contributed by atoms with Crippen LogP contribution in [-0.2, 0) is 6.42 Å². The third-order valence-electron chi connectivity index (χ3n) is 3.17. The van der Waals surface area contributed by atoms with Crippen molar-refractivity contribution in [2.24, 2.45) is 0 Å². The Balaban J connectivity index is 2.20. The SMILES string of the molecule is CCCNC(Cc1ccoc1)c1cc(C)nc(C)c1. The van der Waals surface area contributed by atoms with Gasteiger partial charge in [-0.1, -0.05) is 6.92 Å². The van der Waals surface area contributed by atoms with Crippen LogP contribution in [0.5, 0.6) is 0 Å². The van der Waals surface area contributed by atoms with Crippen LogP contribution in [0.25, 0.3) is 0 Å². The Labute approximate surface area is 115 Å². The van der Waals surface area contributed by atoms with E-state index in [0.29, 0.717) is 6.04 Å². The number of hydrogen-bond donors (Lipinski definition) is 1. The van der Waals surface area contributed by atoms with Gasteiger partial charge in [-0.15, -0.1) is 0 Å². The van der Waals surface area contributed by atoms with Crippen molar-refractivity contribution in [1.82, 2.24) is 10.3 Å². The van der Waals surface area contributed by atoms with Gasteiger partial charge in [-0.3, -0.25) is 4.98 Å². The van der Waals surface area contributed by atoms with E-state index in [4.69, 9.17) is 4.42 Å². The molecule has 0 aromatic carbocycles. The van der Waals surface area contributed by atoms with Gasteiger partial charge in [-0.05, 0) is 62.6 Å². The fourth-order valence-electron chi connectivity index (χ4n) is 2.34. The molecule has 0 bridgehead atoms. The second kappa shape index (κ2) is 6.53. The molecule has 19 heavy (non-hydrogen) atoms. The average molecular weight is 258 g/mol. The smallest absolute Gasteiger partial charge is 0.0935 e. The molecule has 1 unspecified atom stereocenters. The molecule has 0 amide bonds. The zero-order chi connectivity index (χ0) is 13.7. The zero-order valence-electron chi connectivity index (χ0n) is 11.9. The average Bonchev–Trinajstić information content (AvgIpc) is 2.86. The Morgan fingerprint density at radius 2 is 2.00 bits per heavy atom. The standard InChI is InChI=1S/C16H22N2O/c1-4-6-17-16(10-14-5-7-19-11-14)15-8-12(2)18-13(3)9-15/h5,7-9,11,16-17H,4,6,10H2,1-3H3. The van der Waals surface area contributed by atoms with E-state index >= 15 is 0 Å². The molecule has 2 aromatic heterocycles. The first-order valence-corrected chi connectivity index (χ1v) is 6.88. The van der Waals surface area contributed by atoms with Crippen molar-refractivity contribution in [3.8, 4) is 0 Å². The molecule has 2 aromatic rings. The molecule has 0 saturated carbocycles. The van der Waals surface area contributed by atoms with Gasteiger partial charge in [0.15, 0.2) is 0 Å². The molecule has 2 rings (SSSR count). The highest BCUT2D eigenvalue weighted by Gasteiger charge is 2.13. The fourth-order valence-corrected chi connectivity index (χ4v) is 2.34. The molecule has 0 radical (unpaired) electrons. The van der Waals surface area contributed by atoms with Crippen molar-refractivity contribution in [2.45, 2.75) is 39.7 Å². The Morgan fingerprint density at radius 1 is 1.26 bits per heavy atom. The highest BCUT2D eigenvalue weighted by atomic mass is 16.3. The van der Waals surface area contributed by atoms with E-state index in [1.807, 2.05) is 26.2 Å². The topological polar surface area (TPSA) is 38.1 Å². The minimum Gasteiger partial charge on any atom is -0.472 e. The highest BCUT2D eigenvalue weighted by Crippen LogP contribution is 2.20. The molecule has 1 N–H and O–H groups in total. The summed E-state index contributed by atoms with van der Waals surface area (Å²) in [7, 11) is 0. The number of nitrogens with zero attached hydrogens (tertiary/aromatic N) is 1. The normalized spacial score (nSPS) is 12.6. The van der Waals surface area contributed by atoms with Gasteiger partial charge in [-0.2, -0.15) is 0 Å². The lowest BCUT2D eigenvalue weighted by Crippen LogP contribution is -2.24. The van der Waals surface area contributed by atoms with E-state index in [2.05, 4.69) is 29.4 Å². The predicted octanol–water partition coefficient (Wildman–Crippen LogP) is 3.57. The molecular formula is C16H22N2O. The van der Waals surface area contributed by atoms with Crippen molar-refractivity contribution in [3.63, 3.8) is 0 Å². The van der Waals surface area contributed by atoms with Gasteiger partial charge in [0.25, 0.3) is 0 Å². The first kappa shape index (κ1) is 13.8. The van der Waals surface area contributed by atoms with Crippen LogP contribution in [0.4, 0.5) is 0 Å². The number of pyridine rings is 1. The summed E-state index contributed by atoms with van der Waals surface area (Å²) in [6.07, 6.45) is 5.63. The maximum atomic E-state index is 5.16. The lowest BCUT2D eigenvalue weighted by Gasteiger charge is -2.19. The maximum Gasteiger partial charge on any atom is 0.0935 e. The van der Waals surface area contributed by atoms with Crippen molar-refractivity contribution < 1.29 is 4.42 Å². The molecule has 3 heteroatoms. The number of nitrogens with one attached hydrogen (secondary N) is 1. The van der Waals surface area contributed by atoms with Crippen LogP contribution in [0, 0.1) is 13.8 Å². The van der Waals surface area contributed by atoms with Crippen LogP contribution < -0.4 is 5.32 Å². The van der Waals surface area contributed by atoms with Gasteiger partial charge in [0, 0.05) is 17.4 Å². The van der Waals surface area contributed by atoms with E-state index in [9.17, 15) is 0 Å². The van der Waals surface area contributed by atoms with Gasteiger partial charge in [-0.25, -0.2) is 0 Å². The van der Waals surface area contributed by atoms with Gasteiger partial charge in [0.2, 0.25) is 0 Å². The van der Waals surface area contributed by atoms with E-state index in [0.717, 1.165) is 30.8 Å². The van der Waals surface area contributed by atoms with Gasteiger partial charge in [0.05, 0.1) is 12.5 Å². The second-order valence-corrected chi connectivity index (χ2v) is 5.03. The number of aryl methyl sites for hydroxylation is 2. The number of aromatic nitrogens is 1. The quantitative estimate of drug-likeness (QED) is 0.860. The molecule has 102 valence electrons. The summed E-state index contributed by atoms with van der Waals surface area (Å²) in [5.74, 6) is 0. The predicted molar refractivity (Wildman–Crippen MR) is 77.2 cm³/mol. The maximum absolute atomic E-state index is 5.16. The fraction of sp³-hybridized carbons (Fsp3) is 0.438. The summed E-state index contributed by atoms with van der Waals surface area (Å²) in [4.78, 5) is 4.45. The summed E-state index contributed by atoms with van der Waals surface area (Å²) in [5, 5.41) is 3.61. The molecule has 0 aliphatic heterocycles. The summed E-state index contributed by atoms with van der Waals surface area (Å²) in [6.45, 7) is 7.30. The van der Waals surface area contributed by atoms with Crippen molar-refractivity contribution in [3.05, 3.63) is 53.2 Å². The number of rotatable bonds is 6. The van der Waals surface area contributed by atoms with Crippen LogP contribution in [0.15, 0.2) is 35.1 Å². The van der Waals surface area contributed by atoms with Gasteiger partial charge in [0.1, 0.15) is 0 Å². The lowest BCUT2D eigenvalue weighted by molar-refractivity contribution is 0.519. The summed E-state index contributed by atoms with van der Waals surface area (Å²) in [6, 6.07) is 6.68. The Bertz CT molecular complexity index is 485. The zero-order valence-corrected chi connectivity index (χ0v) is 11.9. The van der Waals surface area contributed by atoms with Gasteiger partial charge >= 0.3 is 0 Å². The van der Waals surface area contributed by atoms with E-state index in [1.165, 1.54) is 11.1 Å². The molecule has 0 fully saturated rings. The highest BCUT2D eigenvalue weighted by molar-refractivity contribution is 5.25. The second-order valence-electron chi connectivity index (χ2n) is 5.03. The monoisotopic (exact) mass is 258 g/mol. The van der Waals surface area contributed by atoms with Crippen LogP contribution in [0.3, 0.4) is 0 Å². The Kier molecular flexibility index (Phi) is 4.74. The van der Waals surface area contributed by atoms with Crippen molar-refractivity contribution in [1.29, 1.82) is 0 Å². The van der Waals surface area contributed by atoms with E-state index in [-0.39, 0.29) is 0 Å². The van der Waals surface area contributed by atoms with Gasteiger partial charge < -0.3 is 9.73 Å². The molecule has 0 aliphatic rings. The number of hydrogen-bond acceptors (Lipinski definition) is 3. The van der Waals surface area contributed by atoms with Crippen molar-refractivity contribution in [2.75, 3.05) is 6.54 Å². The minimum atomic E-state index is 0.318. The molecule has 2 heterocycles. The number of furan rings is 1. The Morgan fingerprint density at radius 3 is 2.58 bits per heavy atom. The van der Waals surface area contributed by atoms with Crippen LogP contribution >= 0.6 is 0 Å².